The van der Waals surface area contributed by atoms with Gasteiger partial charge in [0.25, 0.3) is 0 Å². The molecule has 0 amide bonds. The minimum atomic E-state index is -1.95. The van der Waals surface area contributed by atoms with Gasteiger partial charge in [0.1, 0.15) is 0 Å². The number of halogens is 1. The Morgan fingerprint density at radius 2 is 2.00 bits per heavy atom. The van der Waals surface area contributed by atoms with Crippen LogP contribution in [0.5, 0.6) is 0 Å². The molecule has 1 saturated heterocycles. The summed E-state index contributed by atoms with van der Waals surface area (Å²) in [5, 5.41) is 12.6. The number of rotatable bonds is 5. The van der Waals surface area contributed by atoms with E-state index in [-0.39, 0.29) is 42.0 Å². The van der Waals surface area contributed by atoms with Crippen LogP contribution in [0.4, 0.5) is 4.39 Å². The van der Waals surface area contributed by atoms with E-state index in [0.717, 1.165) is 36.3 Å². The van der Waals surface area contributed by atoms with Crippen molar-refractivity contribution in [2.75, 3.05) is 5.75 Å². The highest BCUT2D eigenvalue weighted by molar-refractivity contribution is 7.99. The van der Waals surface area contributed by atoms with Crippen LogP contribution in [0.1, 0.15) is 71.6 Å². The molecule has 4 fully saturated rings. The number of carbonyl (C=O) groups excluding carboxylic acids is 2. The van der Waals surface area contributed by atoms with Gasteiger partial charge in [0.15, 0.2) is 29.1 Å². The fraction of sp³-hybridized carbons (Fsp3) is 0.667. The summed E-state index contributed by atoms with van der Waals surface area (Å²) in [5.41, 5.74) is -4.33. The van der Waals surface area contributed by atoms with Gasteiger partial charge < -0.3 is 14.6 Å². The van der Waals surface area contributed by atoms with E-state index in [0.29, 0.717) is 12.8 Å². The van der Waals surface area contributed by atoms with E-state index in [9.17, 15) is 14.7 Å². The van der Waals surface area contributed by atoms with Crippen molar-refractivity contribution in [3.8, 4) is 0 Å². The summed E-state index contributed by atoms with van der Waals surface area (Å²) in [6.07, 6.45) is 11.3. The first-order valence-electron chi connectivity index (χ1n) is 15.3. The fourth-order valence-corrected chi connectivity index (χ4v) is 10.5. The van der Waals surface area contributed by atoms with Crippen LogP contribution in [-0.2, 0) is 19.1 Å². The average molecular weight is 582 g/mol. The molecule has 7 rings (SSSR count). The van der Waals surface area contributed by atoms with E-state index >= 15 is 4.39 Å². The summed E-state index contributed by atoms with van der Waals surface area (Å²) in [4.78, 5) is 31.1. The Bertz CT molecular complexity index is 1300. The van der Waals surface area contributed by atoms with Crippen LogP contribution in [0.25, 0.3) is 0 Å². The highest BCUT2D eigenvalue weighted by Crippen LogP contribution is 2.71. The Morgan fingerprint density at radius 3 is 2.76 bits per heavy atom. The maximum atomic E-state index is 17.7. The van der Waals surface area contributed by atoms with Crippen molar-refractivity contribution in [1.82, 2.24) is 4.98 Å². The number of carbonyl (C=O) groups is 2. The summed E-state index contributed by atoms with van der Waals surface area (Å²) in [6, 6.07) is 5.64. The van der Waals surface area contributed by atoms with Crippen LogP contribution in [0.2, 0.25) is 0 Å². The highest BCUT2D eigenvalue weighted by atomic mass is 32.2. The number of Topliss-reactive ketones (excluding diaryl/α,β-unsaturated/α-hetero) is 1. The Morgan fingerprint density at radius 1 is 1.20 bits per heavy atom. The number of aromatic nitrogens is 1. The van der Waals surface area contributed by atoms with E-state index in [4.69, 9.17) is 9.47 Å². The number of pyridine rings is 1. The number of ketones is 2. The number of fused-ring (bicyclic) bond motifs is 7. The van der Waals surface area contributed by atoms with Crippen molar-refractivity contribution in [3.63, 3.8) is 0 Å². The van der Waals surface area contributed by atoms with Crippen molar-refractivity contribution in [3.05, 3.63) is 48.2 Å². The summed E-state index contributed by atoms with van der Waals surface area (Å²) < 4.78 is 31.3. The molecule has 1 N–H and O–H groups in total. The summed E-state index contributed by atoms with van der Waals surface area (Å²) in [7, 11) is 0. The summed E-state index contributed by atoms with van der Waals surface area (Å²) in [5.74, 6) is -0.430. The lowest BCUT2D eigenvalue weighted by atomic mass is 9.45. The predicted octanol–water partition coefficient (Wildman–Crippen LogP) is 5.78. The minimum Gasteiger partial charge on any atom is -0.390 e. The maximum Gasteiger partial charge on any atom is 0.178 e. The number of alkyl halides is 1. The van der Waals surface area contributed by atoms with Gasteiger partial charge in [-0.3, -0.25) is 9.59 Å². The average Bonchev–Trinajstić information content (AvgIpc) is 3.47. The molecular formula is C33H40FNO5S. The molecule has 1 aliphatic heterocycles. The third-order valence-corrected chi connectivity index (χ3v) is 12.7. The third-order valence-electron chi connectivity index (χ3n) is 11.8. The highest BCUT2D eigenvalue weighted by Gasteiger charge is 2.79. The lowest BCUT2D eigenvalue weighted by Crippen LogP contribution is -2.69. The van der Waals surface area contributed by atoms with Gasteiger partial charge in [0.05, 0.1) is 23.0 Å². The quantitative estimate of drug-likeness (QED) is 0.348. The van der Waals surface area contributed by atoms with E-state index in [1.54, 1.807) is 12.3 Å². The number of hydrogen-bond acceptors (Lipinski definition) is 7. The Labute approximate surface area is 245 Å². The molecule has 0 bridgehead atoms. The lowest BCUT2D eigenvalue weighted by molar-refractivity contribution is -0.231. The minimum absolute atomic E-state index is 0.0354. The molecule has 220 valence electrons. The van der Waals surface area contributed by atoms with Crippen LogP contribution in [0, 0.1) is 28.6 Å². The summed E-state index contributed by atoms with van der Waals surface area (Å²) >= 11 is 1.39. The number of ether oxygens (including phenoxy) is 2. The van der Waals surface area contributed by atoms with Crippen molar-refractivity contribution in [2.24, 2.45) is 28.6 Å². The number of aliphatic hydroxyl groups excluding tert-OH is 1. The van der Waals surface area contributed by atoms with Gasteiger partial charge in [-0.15, -0.1) is 0 Å². The van der Waals surface area contributed by atoms with E-state index in [1.165, 1.54) is 24.3 Å². The van der Waals surface area contributed by atoms with Gasteiger partial charge in [-0.05, 0) is 63.2 Å². The topological polar surface area (TPSA) is 85.7 Å². The Kier molecular flexibility index (Phi) is 6.70. The van der Waals surface area contributed by atoms with Gasteiger partial charge in [-0.1, -0.05) is 61.7 Å². The van der Waals surface area contributed by atoms with Gasteiger partial charge in [-0.2, -0.15) is 0 Å². The first kappa shape index (κ1) is 27.9. The Balaban J connectivity index is 1.26. The second kappa shape index (κ2) is 9.83. The molecule has 1 aromatic heterocycles. The van der Waals surface area contributed by atoms with Gasteiger partial charge in [0, 0.05) is 35.3 Å². The zero-order valence-electron chi connectivity index (χ0n) is 23.9. The number of hydrogen-bond donors (Lipinski definition) is 1. The third kappa shape index (κ3) is 3.82. The van der Waals surface area contributed by atoms with Crippen LogP contribution in [-0.4, -0.2) is 57.2 Å². The molecule has 41 heavy (non-hydrogen) atoms. The van der Waals surface area contributed by atoms with Crippen molar-refractivity contribution < 1.29 is 28.6 Å². The molecule has 2 heterocycles. The molecule has 0 aromatic carbocycles. The molecule has 0 radical (unpaired) electrons. The van der Waals surface area contributed by atoms with Crippen molar-refractivity contribution >= 4 is 23.3 Å². The molecule has 0 spiro atoms. The van der Waals surface area contributed by atoms with Crippen LogP contribution >= 0.6 is 11.8 Å². The number of thioether (sulfide) groups is 1. The molecule has 0 unspecified atom stereocenters. The largest absolute Gasteiger partial charge is 0.390 e. The van der Waals surface area contributed by atoms with E-state index in [2.05, 4.69) is 4.98 Å². The van der Waals surface area contributed by atoms with Gasteiger partial charge in [-0.25, -0.2) is 9.37 Å². The van der Waals surface area contributed by atoms with E-state index in [1.807, 2.05) is 38.1 Å². The lowest BCUT2D eigenvalue weighted by Gasteiger charge is -2.62. The van der Waals surface area contributed by atoms with Crippen LogP contribution in [0.3, 0.4) is 0 Å². The molecule has 9 atom stereocenters. The smallest absolute Gasteiger partial charge is 0.178 e. The Hall–Kier alpha value is -1.87. The van der Waals surface area contributed by atoms with Crippen molar-refractivity contribution in [2.45, 2.75) is 106 Å². The predicted molar refractivity (Wildman–Crippen MR) is 153 cm³/mol. The first-order chi connectivity index (χ1) is 19.6. The molecule has 6 nitrogen and oxygen atoms in total. The molecule has 6 aliphatic rings. The summed E-state index contributed by atoms with van der Waals surface area (Å²) in [6.45, 7) is 3.87. The first-order valence-corrected chi connectivity index (χ1v) is 16.3. The normalized spacial score (nSPS) is 45.4. The second-order valence-corrected chi connectivity index (χ2v) is 14.6. The monoisotopic (exact) mass is 581 g/mol. The standard InChI is InChI=1S/C33H40FNO5S/c1-30-14-13-22(36)16-21(30)11-12-23-24-17-27-33(31(24,2)18-25(37)32(23,30)34,26(38)19-41-28-10-6-7-15-35-28)40-29(39-27)20-8-4-3-5-9-20/h6-7,10-11,13-15,20,23-25,27,29,37H,3-5,8-9,12,16-19H2,1-2H3/t23-,24-,25-,27+,29+,30-,31-,32-,33+/m0/s1. The molecule has 3 saturated carbocycles. The van der Waals surface area contributed by atoms with Crippen LogP contribution in [0.15, 0.2) is 53.2 Å². The van der Waals surface area contributed by atoms with E-state index < -0.39 is 46.5 Å². The number of aliphatic hydroxyl groups is 1. The molecule has 1 aromatic rings. The molecular weight excluding hydrogens is 541 g/mol. The van der Waals surface area contributed by atoms with Gasteiger partial charge in [0.2, 0.25) is 0 Å². The molecule has 8 heteroatoms. The van der Waals surface area contributed by atoms with Gasteiger partial charge >= 0.3 is 0 Å². The number of nitrogens with zero attached hydrogens (tertiary/aromatic N) is 1. The van der Waals surface area contributed by atoms with Crippen LogP contribution < -0.4 is 0 Å². The molecule has 5 aliphatic carbocycles. The SMILES string of the molecule is C[C@]12C=CC(=O)CC1=CC[C@H]1[C@@H]3C[C@H]4O[C@@H](C5CCCCC5)O[C@@]4(C(=O)CSc4ccccn4)[C@@]3(C)C[C@H](O)[C@@]12F. The zero-order chi connectivity index (χ0) is 28.6. The fourth-order valence-electron chi connectivity index (χ4n) is 9.68. The maximum absolute atomic E-state index is 17.7. The zero-order valence-corrected chi connectivity index (χ0v) is 24.7. The van der Waals surface area contributed by atoms with Crippen molar-refractivity contribution in [1.29, 1.82) is 0 Å². The second-order valence-electron chi connectivity index (χ2n) is 13.6. The number of allylic oxidation sites excluding steroid dienone is 4.